The van der Waals surface area contributed by atoms with Gasteiger partial charge in [-0.05, 0) is 30.7 Å². The molecule has 0 radical (unpaired) electrons. The van der Waals surface area contributed by atoms with Gasteiger partial charge in [0.15, 0.2) is 0 Å². The summed E-state index contributed by atoms with van der Waals surface area (Å²) in [5.74, 6) is 1.60. The maximum Gasteiger partial charge on any atom is 0.232 e. The van der Waals surface area contributed by atoms with Gasteiger partial charge in [-0.3, -0.25) is 4.79 Å². The number of hydrogen-bond acceptors (Lipinski definition) is 4. The van der Waals surface area contributed by atoms with Crippen molar-refractivity contribution in [2.45, 2.75) is 31.1 Å². The highest BCUT2D eigenvalue weighted by atomic mass is 32.2. The number of carbonyl (C=O) groups is 1. The van der Waals surface area contributed by atoms with Crippen molar-refractivity contribution in [3.63, 3.8) is 0 Å². The Hall–Kier alpha value is -0.520. The molecule has 1 aliphatic carbocycles. The van der Waals surface area contributed by atoms with E-state index >= 15 is 0 Å². The van der Waals surface area contributed by atoms with Crippen LogP contribution in [0.5, 0.6) is 0 Å². The van der Waals surface area contributed by atoms with Crippen LogP contribution in [0.2, 0.25) is 0 Å². The first-order chi connectivity index (χ1) is 8.81. The second-order valence-corrected chi connectivity index (χ2v) is 6.49. The van der Waals surface area contributed by atoms with Crippen molar-refractivity contribution < 1.29 is 9.90 Å². The van der Waals surface area contributed by atoms with E-state index < -0.39 is 0 Å². The normalized spacial score (nSPS) is 15.4. The molecule has 0 atom stereocenters. The standard InChI is InChI=1S/C13H19NO2S2/c15-7-6-14(11-3-1-4-11)13(16)10-17-9-12-5-2-8-18-12/h2,5,8,11,15H,1,3-4,6-7,9-10H2. The molecule has 0 unspecified atom stereocenters. The molecular weight excluding hydrogens is 266 g/mol. The van der Waals surface area contributed by atoms with Crippen LogP contribution in [-0.2, 0) is 10.5 Å². The van der Waals surface area contributed by atoms with Crippen LogP contribution < -0.4 is 0 Å². The van der Waals surface area contributed by atoms with Crippen LogP contribution in [0, 0.1) is 0 Å². The largest absolute Gasteiger partial charge is 0.395 e. The summed E-state index contributed by atoms with van der Waals surface area (Å²) in [7, 11) is 0. The third kappa shape index (κ3) is 3.73. The van der Waals surface area contributed by atoms with Crippen molar-refractivity contribution >= 4 is 29.0 Å². The Kier molecular flexibility index (Phi) is 5.53. The zero-order valence-electron chi connectivity index (χ0n) is 10.4. The highest BCUT2D eigenvalue weighted by Crippen LogP contribution is 2.25. The SMILES string of the molecule is O=C(CSCc1cccs1)N(CCO)C1CCC1. The molecule has 5 heteroatoms. The fourth-order valence-corrected chi connectivity index (χ4v) is 3.78. The van der Waals surface area contributed by atoms with Gasteiger partial charge in [0, 0.05) is 23.2 Å². The monoisotopic (exact) mass is 285 g/mol. The Bertz CT molecular complexity index is 363. The van der Waals surface area contributed by atoms with E-state index in [2.05, 4.69) is 11.4 Å². The predicted molar refractivity (Wildman–Crippen MR) is 76.9 cm³/mol. The first kappa shape index (κ1) is 13.9. The van der Waals surface area contributed by atoms with Crippen molar-refractivity contribution in [3.05, 3.63) is 22.4 Å². The quantitative estimate of drug-likeness (QED) is 0.836. The Balaban J connectivity index is 1.74. The minimum absolute atomic E-state index is 0.0673. The second-order valence-electron chi connectivity index (χ2n) is 4.47. The molecule has 0 aromatic carbocycles. The van der Waals surface area contributed by atoms with Crippen LogP contribution in [0.25, 0.3) is 0 Å². The maximum atomic E-state index is 12.1. The van der Waals surface area contributed by atoms with E-state index in [9.17, 15) is 4.79 Å². The average molecular weight is 285 g/mol. The lowest BCUT2D eigenvalue weighted by atomic mass is 9.91. The minimum Gasteiger partial charge on any atom is -0.395 e. The van der Waals surface area contributed by atoms with Crippen LogP contribution in [-0.4, -0.2) is 40.9 Å². The molecule has 1 amide bonds. The van der Waals surface area contributed by atoms with Crippen molar-refractivity contribution in [2.75, 3.05) is 18.9 Å². The Morgan fingerprint density at radius 1 is 1.56 bits per heavy atom. The Morgan fingerprint density at radius 2 is 2.39 bits per heavy atom. The number of rotatable bonds is 7. The Morgan fingerprint density at radius 3 is 2.94 bits per heavy atom. The number of nitrogens with zero attached hydrogens (tertiary/aromatic N) is 1. The summed E-state index contributed by atoms with van der Waals surface area (Å²) < 4.78 is 0. The van der Waals surface area contributed by atoms with Gasteiger partial charge >= 0.3 is 0 Å². The summed E-state index contributed by atoms with van der Waals surface area (Å²) in [6.45, 7) is 0.556. The molecule has 1 saturated carbocycles. The lowest BCUT2D eigenvalue weighted by molar-refractivity contribution is -0.132. The summed E-state index contributed by atoms with van der Waals surface area (Å²) in [6, 6.07) is 4.51. The van der Waals surface area contributed by atoms with Gasteiger partial charge in [0.2, 0.25) is 5.91 Å². The zero-order chi connectivity index (χ0) is 12.8. The molecule has 0 bridgehead atoms. The number of hydrogen-bond donors (Lipinski definition) is 1. The lowest BCUT2D eigenvalue weighted by Gasteiger charge is -2.37. The minimum atomic E-state index is 0.0673. The van der Waals surface area contributed by atoms with Crippen molar-refractivity contribution in [2.24, 2.45) is 0 Å². The molecule has 3 nitrogen and oxygen atoms in total. The van der Waals surface area contributed by atoms with E-state index in [1.807, 2.05) is 11.0 Å². The summed E-state index contributed by atoms with van der Waals surface area (Å²) in [5.41, 5.74) is 0. The van der Waals surface area contributed by atoms with Crippen LogP contribution in [0.1, 0.15) is 24.1 Å². The fraction of sp³-hybridized carbons (Fsp3) is 0.615. The molecule has 2 rings (SSSR count). The second kappa shape index (κ2) is 7.16. The van der Waals surface area contributed by atoms with Crippen LogP contribution in [0.3, 0.4) is 0 Å². The third-order valence-electron chi connectivity index (χ3n) is 3.23. The molecule has 1 N–H and O–H groups in total. The van der Waals surface area contributed by atoms with Crippen LogP contribution >= 0.6 is 23.1 Å². The summed E-state index contributed by atoms with van der Waals surface area (Å²) in [4.78, 5) is 15.3. The molecule has 1 aromatic rings. The first-order valence-corrected chi connectivity index (χ1v) is 8.35. The summed E-state index contributed by atoms with van der Waals surface area (Å²) >= 11 is 3.39. The predicted octanol–water partition coefficient (Wildman–Crippen LogP) is 2.35. The van der Waals surface area contributed by atoms with E-state index in [1.165, 1.54) is 11.3 Å². The molecule has 18 heavy (non-hydrogen) atoms. The van der Waals surface area contributed by atoms with Gasteiger partial charge in [0.1, 0.15) is 0 Å². The number of thioether (sulfide) groups is 1. The average Bonchev–Trinajstić information content (AvgIpc) is 2.79. The van der Waals surface area contributed by atoms with Crippen molar-refractivity contribution in [1.82, 2.24) is 4.90 Å². The fourth-order valence-electron chi connectivity index (χ4n) is 2.03. The van der Waals surface area contributed by atoms with Gasteiger partial charge in [-0.1, -0.05) is 6.07 Å². The first-order valence-electron chi connectivity index (χ1n) is 6.31. The molecule has 1 aliphatic rings. The third-order valence-corrected chi connectivity index (χ3v) is 5.25. The van der Waals surface area contributed by atoms with Gasteiger partial charge in [0.25, 0.3) is 0 Å². The van der Waals surface area contributed by atoms with Gasteiger partial charge in [0.05, 0.1) is 12.4 Å². The zero-order valence-corrected chi connectivity index (χ0v) is 12.0. The van der Waals surface area contributed by atoms with E-state index in [0.717, 1.165) is 18.6 Å². The summed E-state index contributed by atoms with van der Waals surface area (Å²) in [5, 5.41) is 11.1. The van der Waals surface area contributed by atoms with Gasteiger partial charge in [-0.2, -0.15) is 0 Å². The highest BCUT2D eigenvalue weighted by molar-refractivity contribution is 7.99. The molecule has 0 aliphatic heterocycles. The Labute approximate surface area is 116 Å². The smallest absolute Gasteiger partial charge is 0.232 e. The molecule has 1 heterocycles. The maximum absolute atomic E-state index is 12.1. The van der Waals surface area contributed by atoms with Gasteiger partial charge in [-0.15, -0.1) is 23.1 Å². The van der Waals surface area contributed by atoms with Crippen molar-refractivity contribution in [1.29, 1.82) is 0 Å². The molecule has 0 spiro atoms. The lowest BCUT2D eigenvalue weighted by Crippen LogP contribution is -2.46. The molecular formula is C13H19NO2S2. The summed E-state index contributed by atoms with van der Waals surface area (Å²) in [6.07, 6.45) is 3.41. The molecule has 0 saturated heterocycles. The number of aliphatic hydroxyl groups excluding tert-OH is 1. The van der Waals surface area contributed by atoms with Crippen molar-refractivity contribution in [3.8, 4) is 0 Å². The number of carbonyl (C=O) groups excluding carboxylic acids is 1. The number of aliphatic hydroxyl groups is 1. The van der Waals surface area contributed by atoms with E-state index in [1.54, 1.807) is 23.1 Å². The molecule has 100 valence electrons. The van der Waals surface area contributed by atoms with E-state index in [0.29, 0.717) is 18.3 Å². The molecule has 1 aromatic heterocycles. The van der Waals surface area contributed by atoms with E-state index in [-0.39, 0.29) is 12.5 Å². The van der Waals surface area contributed by atoms with Crippen LogP contribution in [0.4, 0.5) is 0 Å². The highest BCUT2D eigenvalue weighted by Gasteiger charge is 2.27. The van der Waals surface area contributed by atoms with Gasteiger partial charge in [-0.25, -0.2) is 0 Å². The molecule has 1 fully saturated rings. The number of thiophene rings is 1. The van der Waals surface area contributed by atoms with Gasteiger partial charge < -0.3 is 10.0 Å². The van der Waals surface area contributed by atoms with Crippen LogP contribution in [0.15, 0.2) is 17.5 Å². The number of amides is 1. The topological polar surface area (TPSA) is 40.5 Å². The van der Waals surface area contributed by atoms with E-state index in [4.69, 9.17) is 5.11 Å².